The minimum atomic E-state index is -3.28. The first-order chi connectivity index (χ1) is 24.8. The van der Waals surface area contributed by atoms with Gasteiger partial charge in [0.2, 0.25) is 5.91 Å². The van der Waals surface area contributed by atoms with Crippen LogP contribution in [0.25, 0.3) is 0 Å². The summed E-state index contributed by atoms with van der Waals surface area (Å²) in [6.07, 6.45) is 5.48. The summed E-state index contributed by atoms with van der Waals surface area (Å²) in [5, 5.41) is 42.6. The molecule has 0 heterocycles. The molecule has 0 saturated heterocycles. The van der Waals surface area contributed by atoms with Gasteiger partial charge in [-0.2, -0.15) is 8.78 Å². The second-order valence-corrected chi connectivity index (χ2v) is 12.1. The monoisotopic (exact) mass is 734 g/mol. The van der Waals surface area contributed by atoms with Gasteiger partial charge in [-0.3, -0.25) is 9.59 Å². The number of nitrogens with zero attached hydrogens (tertiary/aromatic N) is 1. The maximum atomic E-state index is 14.4. The quantitative estimate of drug-likeness (QED) is 0.0335. The van der Waals surface area contributed by atoms with Gasteiger partial charge in [0.25, 0.3) is 11.0 Å². The molecule has 1 aliphatic rings. The zero-order valence-corrected chi connectivity index (χ0v) is 28.4. The molecule has 1 amide bonds. The van der Waals surface area contributed by atoms with Gasteiger partial charge in [0.05, 0.1) is 25.4 Å². The van der Waals surface area contributed by atoms with Crippen molar-refractivity contribution in [2.24, 2.45) is 11.8 Å². The lowest BCUT2D eigenvalue weighted by molar-refractivity contribution is -0.757. The number of benzene rings is 2. The van der Waals surface area contributed by atoms with Crippen LogP contribution in [0.15, 0.2) is 72.8 Å². The third-order valence-electron chi connectivity index (χ3n) is 8.05. The third-order valence-corrected chi connectivity index (χ3v) is 8.05. The number of carbonyl (C=O) groups excluding carboxylic acids is 3. The standard InChI is InChI=1S/C36H44F2N2O12/c37-36(38,24-50-26-9-4-3-5-10-26)18-16-28-27(29(41)22-30(28)42)11-6-1-2-7-12-33(44)39-23-35(46)52-32-15-14-25(21-31(32)43)17-20-49-34(45)13-8-19-51-40(47)48/h1,3-6,9-10,14-16,18,21,27-30,41-43H,2,7-8,11-13,17,19-20,22-24H2,(H,39,44)/b6-1-,18-16+/t27-,28-,29+,30-/m1/s1. The summed E-state index contributed by atoms with van der Waals surface area (Å²) >= 11 is 0. The van der Waals surface area contributed by atoms with Gasteiger partial charge in [-0.15, -0.1) is 10.1 Å². The van der Waals surface area contributed by atoms with Crippen LogP contribution in [0.1, 0.15) is 50.5 Å². The number of hydrogen-bond donors (Lipinski definition) is 4. The van der Waals surface area contributed by atoms with E-state index in [1.165, 1.54) is 18.2 Å². The van der Waals surface area contributed by atoms with E-state index in [2.05, 4.69) is 10.2 Å². The molecule has 0 radical (unpaired) electrons. The Balaban J connectivity index is 1.31. The molecular formula is C36H44F2N2O12. The molecule has 4 N–H and O–H groups in total. The van der Waals surface area contributed by atoms with Crippen LogP contribution in [0.4, 0.5) is 8.78 Å². The van der Waals surface area contributed by atoms with Crippen molar-refractivity contribution in [3.8, 4) is 17.2 Å². The maximum Gasteiger partial charge on any atom is 0.330 e. The van der Waals surface area contributed by atoms with Gasteiger partial charge >= 0.3 is 11.9 Å². The van der Waals surface area contributed by atoms with Crippen LogP contribution in [0.2, 0.25) is 0 Å². The number of phenols is 1. The molecule has 2 aromatic rings. The highest BCUT2D eigenvalue weighted by Crippen LogP contribution is 2.37. The molecule has 1 aliphatic carbocycles. The number of phenolic OH excluding ortho intramolecular Hbond substituents is 1. The van der Waals surface area contributed by atoms with Gasteiger partial charge in [-0.25, -0.2) is 4.79 Å². The van der Waals surface area contributed by atoms with Crippen LogP contribution in [0, 0.1) is 22.0 Å². The number of hydrogen-bond acceptors (Lipinski definition) is 12. The lowest BCUT2D eigenvalue weighted by Gasteiger charge is -2.20. The zero-order chi connectivity index (χ0) is 37.9. The van der Waals surface area contributed by atoms with Gasteiger partial charge < -0.3 is 39.7 Å². The zero-order valence-electron chi connectivity index (χ0n) is 28.4. The largest absolute Gasteiger partial charge is 0.504 e. The lowest BCUT2D eigenvalue weighted by Crippen LogP contribution is -2.31. The number of ether oxygens (including phenoxy) is 3. The molecule has 3 rings (SSSR count). The number of carbonyl (C=O) groups is 3. The van der Waals surface area contributed by atoms with Crippen molar-refractivity contribution in [1.29, 1.82) is 0 Å². The van der Waals surface area contributed by atoms with E-state index in [9.17, 15) is 48.6 Å². The Kier molecular flexibility index (Phi) is 16.9. The van der Waals surface area contributed by atoms with E-state index in [-0.39, 0.29) is 56.8 Å². The molecule has 0 bridgehead atoms. The summed E-state index contributed by atoms with van der Waals surface area (Å²) in [6.45, 7) is -1.52. The van der Waals surface area contributed by atoms with E-state index < -0.39 is 66.1 Å². The van der Waals surface area contributed by atoms with Crippen molar-refractivity contribution in [2.45, 2.75) is 69.5 Å². The molecule has 0 aromatic heterocycles. The average molecular weight is 735 g/mol. The van der Waals surface area contributed by atoms with Gasteiger partial charge in [-0.05, 0) is 67.5 Å². The summed E-state index contributed by atoms with van der Waals surface area (Å²) in [5.74, 6) is -6.33. The Morgan fingerprint density at radius 1 is 1.00 bits per heavy atom. The van der Waals surface area contributed by atoms with Gasteiger partial charge in [-0.1, -0.05) is 42.5 Å². The highest BCUT2D eigenvalue weighted by atomic mass is 19.3. The number of esters is 2. The number of aliphatic hydroxyl groups is 2. The molecule has 14 nitrogen and oxygen atoms in total. The predicted octanol–water partition coefficient (Wildman–Crippen LogP) is 4.23. The SMILES string of the molecule is O=C(CCC/C=C\C[C@@H]1[C@@H](/C=C/C(F)(F)COc2ccccc2)[C@H](O)C[C@@H]1O)NCC(=O)Oc1ccc(CCOC(=O)CCCO[N+](=O)[O-])cc1O. The number of alkyl halides is 2. The van der Waals surface area contributed by atoms with Crippen LogP contribution in [0.5, 0.6) is 17.2 Å². The van der Waals surface area contributed by atoms with Crippen LogP contribution < -0.4 is 14.8 Å². The Morgan fingerprint density at radius 3 is 2.50 bits per heavy atom. The van der Waals surface area contributed by atoms with Crippen molar-refractivity contribution in [3.63, 3.8) is 0 Å². The molecule has 0 unspecified atom stereocenters. The van der Waals surface area contributed by atoms with Gasteiger partial charge in [0, 0.05) is 31.6 Å². The maximum absolute atomic E-state index is 14.4. The second-order valence-electron chi connectivity index (χ2n) is 12.1. The first-order valence-corrected chi connectivity index (χ1v) is 16.8. The summed E-state index contributed by atoms with van der Waals surface area (Å²) in [7, 11) is 0. The number of nitrogens with one attached hydrogen (secondary N) is 1. The minimum Gasteiger partial charge on any atom is -0.504 e. The summed E-state index contributed by atoms with van der Waals surface area (Å²) in [6, 6.07) is 12.5. The lowest BCUT2D eigenvalue weighted by atomic mass is 9.89. The molecule has 0 aliphatic heterocycles. The first-order valence-electron chi connectivity index (χ1n) is 16.8. The van der Waals surface area contributed by atoms with E-state index in [0.717, 1.165) is 0 Å². The molecule has 16 heteroatoms. The Labute approximate surface area is 299 Å². The number of aliphatic hydroxyl groups excluding tert-OH is 2. The highest BCUT2D eigenvalue weighted by molar-refractivity contribution is 5.83. The van der Waals surface area contributed by atoms with Crippen molar-refractivity contribution < 1.29 is 62.6 Å². The Hall–Kier alpha value is -5.09. The van der Waals surface area contributed by atoms with Crippen LogP contribution in [0.3, 0.4) is 0 Å². The average Bonchev–Trinajstić information content (AvgIpc) is 3.38. The summed E-state index contributed by atoms with van der Waals surface area (Å²) < 4.78 is 44.2. The molecule has 2 aromatic carbocycles. The molecule has 284 valence electrons. The van der Waals surface area contributed by atoms with E-state index in [0.29, 0.717) is 36.7 Å². The van der Waals surface area contributed by atoms with Crippen molar-refractivity contribution in [2.75, 3.05) is 26.4 Å². The van der Waals surface area contributed by atoms with Crippen LogP contribution in [-0.4, -0.2) is 82.7 Å². The van der Waals surface area contributed by atoms with Crippen molar-refractivity contribution in [3.05, 3.63) is 88.5 Å². The fraction of sp³-hybridized carbons (Fsp3) is 0.472. The van der Waals surface area contributed by atoms with Crippen molar-refractivity contribution >= 4 is 17.8 Å². The molecule has 0 spiro atoms. The molecular weight excluding hydrogens is 690 g/mol. The van der Waals surface area contributed by atoms with E-state index in [1.807, 2.05) is 0 Å². The van der Waals surface area contributed by atoms with Gasteiger partial charge in [0.15, 0.2) is 18.1 Å². The second kappa shape index (κ2) is 21.3. The summed E-state index contributed by atoms with van der Waals surface area (Å²) in [5.41, 5.74) is 0.586. The minimum absolute atomic E-state index is 0.00235. The van der Waals surface area contributed by atoms with E-state index in [4.69, 9.17) is 14.2 Å². The predicted molar refractivity (Wildman–Crippen MR) is 181 cm³/mol. The smallest absolute Gasteiger partial charge is 0.330 e. The fourth-order valence-electron chi connectivity index (χ4n) is 5.39. The fourth-order valence-corrected chi connectivity index (χ4v) is 5.39. The Morgan fingerprint density at radius 2 is 1.77 bits per heavy atom. The molecule has 52 heavy (non-hydrogen) atoms. The Bertz CT molecular complexity index is 1520. The number of allylic oxidation sites excluding steroid dienone is 2. The first kappa shape index (κ1) is 41.3. The topological polar surface area (TPSA) is 204 Å². The highest BCUT2D eigenvalue weighted by Gasteiger charge is 2.40. The number of amides is 1. The van der Waals surface area contributed by atoms with Crippen LogP contribution in [-0.2, 0) is 30.4 Å². The normalized spacial score (nSPS) is 18.7. The number of aromatic hydroxyl groups is 1. The van der Waals surface area contributed by atoms with Crippen LogP contribution >= 0.6 is 0 Å². The molecule has 1 fully saturated rings. The van der Waals surface area contributed by atoms with Crippen molar-refractivity contribution in [1.82, 2.24) is 5.32 Å². The molecule has 1 saturated carbocycles. The number of unbranched alkanes of at least 4 members (excludes halogenated alkanes) is 1. The number of rotatable bonds is 22. The third kappa shape index (κ3) is 15.4. The van der Waals surface area contributed by atoms with Gasteiger partial charge in [0.1, 0.15) is 12.3 Å². The van der Waals surface area contributed by atoms with E-state index >= 15 is 0 Å². The summed E-state index contributed by atoms with van der Waals surface area (Å²) in [4.78, 5) is 50.3. The van der Waals surface area contributed by atoms with E-state index in [1.54, 1.807) is 48.6 Å². The number of para-hydroxylation sites is 1. The molecule has 4 atom stereocenters. The number of halogens is 2.